The van der Waals surface area contributed by atoms with Gasteiger partial charge in [-0.2, -0.15) is 0 Å². The number of hydrogen-bond donors (Lipinski definition) is 0. The van der Waals surface area contributed by atoms with E-state index in [9.17, 15) is 0 Å². The summed E-state index contributed by atoms with van der Waals surface area (Å²) in [6.07, 6.45) is 0. The standard InChI is InChI=1S/6CH3.2ClH.2H2O.3Sn/h6*1H3;2*1H;2*1H2;;;/q;;;;;;;;;;;2*+1/p-2. The fourth-order valence-electron chi connectivity index (χ4n) is 0. The quantitative estimate of drug-likeness (QED) is 0.413. The summed E-state index contributed by atoms with van der Waals surface area (Å²) in [6.45, 7) is 0. The molecule has 0 aromatic carbocycles. The first-order chi connectivity index (χ1) is 4.88. The molecule has 0 heterocycles. The maximum atomic E-state index is 5.47. The molecule has 0 spiro atoms. The molecule has 0 saturated heterocycles. The molecule has 2 nitrogen and oxygen atoms in total. The van der Waals surface area contributed by atoms with Crippen LogP contribution < -0.4 is 0 Å². The van der Waals surface area contributed by atoms with Crippen molar-refractivity contribution >= 4 is 76.3 Å². The number of rotatable bonds is 0. The zero-order chi connectivity index (χ0) is 9.86. The van der Waals surface area contributed by atoms with Crippen LogP contribution in [0.2, 0.25) is 29.6 Å². The summed E-state index contributed by atoms with van der Waals surface area (Å²) in [5.74, 6) is 0. The minimum atomic E-state index is -1.07. The molecular formula is C6H22Cl2O2Sn3. The fraction of sp³-hybridized carbons (Fsp3) is 1.00. The van der Waals surface area contributed by atoms with E-state index in [1.54, 1.807) is 0 Å². The van der Waals surface area contributed by atoms with Gasteiger partial charge in [0.2, 0.25) is 0 Å². The van der Waals surface area contributed by atoms with Gasteiger partial charge >= 0.3 is 106 Å². The molecule has 0 unspecified atom stereocenters. The van der Waals surface area contributed by atoms with Crippen molar-refractivity contribution in [2.75, 3.05) is 0 Å². The average Bonchev–Trinajstić information content (AvgIpc) is 1.60. The van der Waals surface area contributed by atoms with Gasteiger partial charge in [0.15, 0.2) is 0 Å². The second-order valence-electron chi connectivity index (χ2n) is 2.26. The molecule has 0 rings (SSSR count). The van der Waals surface area contributed by atoms with Crippen molar-refractivity contribution in [3.63, 3.8) is 0 Å². The van der Waals surface area contributed by atoms with Gasteiger partial charge in [-0.15, -0.1) is 0 Å². The Morgan fingerprint density at radius 3 is 0.769 bits per heavy atom. The molecule has 0 fully saturated rings. The monoisotopic (exact) mass is 556 g/mol. The van der Waals surface area contributed by atoms with Crippen molar-refractivity contribution < 1.29 is 11.0 Å². The normalized spacial score (nSPS) is 6.92. The first-order valence-electron chi connectivity index (χ1n) is 3.38. The first kappa shape index (κ1) is 29.7. The third-order valence-electron chi connectivity index (χ3n) is 0. The third kappa shape index (κ3) is 295. The minimum absolute atomic E-state index is 0. The van der Waals surface area contributed by atoms with Gasteiger partial charge in [0.1, 0.15) is 0 Å². The van der Waals surface area contributed by atoms with Gasteiger partial charge in [0.25, 0.3) is 0 Å². The van der Waals surface area contributed by atoms with Gasteiger partial charge in [-0.1, -0.05) is 0 Å². The number of hydrogen-bond acceptors (Lipinski definition) is 0. The molecule has 0 aliphatic heterocycles. The Balaban J connectivity index is -0.0000000231. The van der Waals surface area contributed by atoms with Gasteiger partial charge in [-0.05, 0) is 0 Å². The van der Waals surface area contributed by atoms with Crippen molar-refractivity contribution in [2.45, 2.75) is 29.6 Å². The van der Waals surface area contributed by atoms with Gasteiger partial charge in [-0.3, -0.25) is 0 Å². The molecule has 0 bridgehead atoms. The summed E-state index contributed by atoms with van der Waals surface area (Å²) < 4.78 is 0. The molecule has 0 aromatic rings. The van der Waals surface area contributed by atoms with Gasteiger partial charge in [0.05, 0.1) is 0 Å². The van der Waals surface area contributed by atoms with Crippen LogP contribution >= 0.6 is 17.8 Å². The SMILES string of the molecule is O.O.[CH3][Sn]([CH3])[Cl].[CH3][Sn]([CH3])[Cl].[CH3][Sn][CH3]. The molecule has 13 heavy (non-hydrogen) atoms. The van der Waals surface area contributed by atoms with Gasteiger partial charge < -0.3 is 11.0 Å². The van der Waals surface area contributed by atoms with Crippen LogP contribution in [0.1, 0.15) is 0 Å². The molecule has 0 amide bonds. The Bertz CT molecular complexity index is 47.6. The summed E-state index contributed by atoms with van der Waals surface area (Å²) in [5.41, 5.74) is 0. The summed E-state index contributed by atoms with van der Waals surface area (Å²) in [6, 6.07) is 0. The van der Waals surface area contributed by atoms with E-state index in [0.717, 1.165) is 0 Å². The van der Waals surface area contributed by atoms with Crippen molar-refractivity contribution in [1.29, 1.82) is 0 Å². The van der Waals surface area contributed by atoms with Crippen molar-refractivity contribution in [3.05, 3.63) is 0 Å². The molecule has 0 aromatic heterocycles. The predicted octanol–water partition coefficient (Wildman–Crippen LogP) is 2.09. The molecule has 4 N–H and O–H groups in total. The zero-order valence-corrected chi connectivity index (χ0v) is 19.3. The average molecular weight is 553 g/mol. The van der Waals surface area contributed by atoms with E-state index in [1.807, 2.05) is 0 Å². The van der Waals surface area contributed by atoms with E-state index in [4.69, 9.17) is 17.8 Å². The Morgan fingerprint density at radius 1 is 0.769 bits per heavy atom. The summed E-state index contributed by atoms with van der Waals surface area (Å²) in [4.78, 5) is 13.1. The van der Waals surface area contributed by atoms with E-state index in [1.165, 1.54) is 0 Å². The number of halogens is 2. The molecule has 0 aliphatic carbocycles. The summed E-state index contributed by atoms with van der Waals surface area (Å²) in [7, 11) is 10.9. The van der Waals surface area contributed by atoms with E-state index in [-0.39, 0.29) is 32.1 Å². The third-order valence-corrected chi connectivity index (χ3v) is 0. The van der Waals surface area contributed by atoms with E-state index < -0.39 is 37.3 Å². The van der Waals surface area contributed by atoms with E-state index in [0.29, 0.717) is 0 Å². The van der Waals surface area contributed by atoms with Gasteiger partial charge in [0, 0.05) is 0 Å². The van der Waals surface area contributed by atoms with Crippen LogP contribution in [-0.2, 0) is 0 Å². The van der Waals surface area contributed by atoms with Crippen molar-refractivity contribution in [3.8, 4) is 0 Å². The van der Waals surface area contributed by atoms with Crippen LogP contribution in [0.4, 0.5) is 0 Å². The molecule has 0 aliphatic rings. The van der Waals surface area contributed by atoms with Crippen LogP contribution in [0.5, 0.6) is 0 Å². The fourth-order valence-corrected chi connectivity index (χ4v) is 0. The van der Waals surface area contributed by atoms with E-state index >= 15 is 0 Å². The van der Waals surface area contributed by atoms with Crippen LogP contribution in [0.25, 0.3) is 0 Å². The predicted molar refractivity (Wildman–Crippen MR) is 71.4 cm³/mol. The topological polar surface area (TPSA) is 63.0 Å². The van der Waals surface area contributed by atoms with Crippen molar-refractivity contribution in [2.24, 2.45) is 0 Å². The molecule has 4 radical (unpaired) electrons. The Hall–Kier alpha value is 2.90. The molecule has 84 valence electrons. The maximum absolute atomic E-state index is 5.47. The summed E-state index contributed by atoms with van der Waals surface area (Å²) in [5, 5.41) is 0. The Kier molecular flexibility index (Phi) is 67.1. The molecule has 0 saturated carbocycles. The van der Waals surface area contributed by atoms with Crippen LogP contribution in [0.3, 0.4) is 0 Å². The first-order valence-corrected chi connectivity index (χ1v) is 27.7. The Labute approximate surface area is 115 Å². The van der Waals surface area contributed by atoms with Crippen LogP contribution in [-0.4, -0.2) is 69.4 Å². The zero-order valence-electron chi connectivity index (χ0n) is 9.26. The van der Waals surface area contributed by atoms with E-state index in [2.05, 4.69) is 29.6 Å². The summed E-state index contributed by atoms with van der Waals surface area (Å²) >= 11 is -1.91. The Morgan fingerprint density at radius 2 is 0.769 bits per heavy atom. The van der Waals surface area contributed by atoms with Crippen LogP contribution in [0, 0.1) is 0 Å². The van der Waals surface area contributed by atoms with Crippen molar-refractivity contribution in [1.82, 2.24) is 0 Å². The second kappa shape index (κ2) is 29.4. The van der Waals surface area contributed by atoms with Gasteiger partial charge in [-0.25, -0.2) is 0 Å². The molecule has 0 atom stereocenters. The molecule has 7 heteroatoms. The second-order valence-corrected chi connectivity index (χ2v) is 25.3. The van der Waals surface area contributed by atoms with Crippen LogP contribution in [0.15, 0.2) is 0 Å². The molecular weight excluding hydrogens is 531 g/mol.